The number of carbonyl (C=O) groups is 2. The van der Waals surface area contributed by atoms with Gasteiger partial charge in [-0.3, -0.25) is 9.69 Å². The second-order valence-electron chi connectivity index (χ2n) is 5.35. The Balaban J connectivity index is 1.84. The first-order chi connectivity index (χ1) is 9.52. The van der Waals surface area contributed by atoms with Crippen LogP contribution in [-0.4, -0.2) is 22.4 Å². The van der Waals surface area contributed by atoms with Crippen molar-refractivity contribution < 1.29 is 9.59 Å². The Morgan fingerprint density at radius 1 is 1.30 bits per heavy atom. The van der Waals surface area contributed by atoms with Crippen molar-refractivity contribution in [2.75, 3.05) is 0 Å². The number of benzene rings is 1. The standard InChI is InChI=1S/C14H14BrClN2O2/c15-10-4-3-9(11(16)7-10)8-18-12(19)14(17-13(18)20)5-1-2-6-14/h3-4,7H,1-2,5-6,8H2,(H,17,20). The molecule has 1 saturated carbocycles. The number of urea groups is 1. The minimum atomic E-state index is -0.654. The third-order valence-corrected chi connectivity index (χ3v) is 4.89. The zero-order chi connectivity index (χ0) is 14.3. The Morgan fingerprint density at radius 2 is 2.00 bits per heavy atom. The molecule has 2 fully saturated rings. The lowest BCUT2D eigenvalue weighted by molar-refractivity contribution is -0.131. The highest BCUT2D eigenvalue weighted by atomic mass is 79.9. The van der Waals surface area contributed by atoms with Gasteiger partial charge in [0.05, 0.1) is 6.54 Å². The minimum Gasteiger partial charge on any atom is -0.323 e. The van der Waals surface area contributed by atoms with Gasteiger partial charge >= 0.3 is 6.03 Å². The first-order valence-corrected chi connectivity index (χ1v) is 7.77. The van der Waals surface area contributed by atoms with Gasteiger partial charge in [-0.05, 0) is 30.5 Å². The second kappa shape index (κ2) is 5.04. The summed E-state index contributed by atoms with van der Waals surface area (Å²) in [4.78, 5) is 25.9. The molecule has 1 aromatic carbocycles. The lowest BCUT2D eigenvalue weighted by Gasteiger charge is -2.20. The molecule has 3 rings (SSSR count). The van der Waals surface area contributed by atoms with Crippen molar-refractivity contribution in [3.63, 3.8) is 0 Å². The number of carbonyl (C=O) groups excluding carboxylic acids is 2. The summed E-state index contributed by atoms with van der Waals surface area (Å²) < 4.78 is 0.871. The molecule has 1 heterocycles. The van der Waals surface area contributed by atoms with Crippen LogP contribution in [0.2, 0.25) is 5.02 Å². The summed E-state index contributed by atoms with van der Waals surface area (Å²) in [6.45, 7) is 0.221. The van der Waals surface area contributed by atoms with Crippen molar-refractivity contribution in [1.82, 2.24) is 10.2 Å². The second-order valence-corrected chi connectivity index (χ2v) is 6.67. The Bertz CT molecular complexity index is 585. The maximum absolute atomic E-state index is 12.5. The van der Waals surface area contributed by atoms with Crippen LogP contribution in [0.25, 0.3) is 0 Å². The molecule has 1 aliphatic carbocycles. The Kier molecular flexibility index (Phi) is 3.50. The highest BCUT2D eigenvalue weighted by Crippen LogP contribution is 2.36. The molecule has 106 valence electrons. The Labute approximate surface area is 130 Å². The van der Waals surface area contributed by atoms with Crippen LogP contribution in [0.15, 0.2) is 22.7 Å². The zero-order valence-electron chi connectivity index (χ0n) is 10.8. The molecule has 0 radical (unpaired) electrons. The minimum absolute atomic E-state index is 0.112. The lowest BCUT2D eigenvalue weighted by Crippen LogP contribution is -2.44. The smallest absolute Gasteiger partial charge is 0.323 e. The van der Waals surface area contributed by atoms with E-state index in [0.29, 0.717) is 5.02 Å². The molecule has 1 aliphatic heterocycles. The number of hydrogen-bond acceptors (Lipinski definition) is 2. The van der Waals surface area contributed by atoms with Crippen LogP contribution in [0.5, 0.6) is 0 Å². The van der Waals surface area contributed by atoms with E-state index >= 15 is 0 Å². The van der Waals surface area contributed by atoms with Crippen molar-refractivity contribution >= 4 is 39.5 Å². The molecular formula is C14H14BrClN2O2. The maximum Gasteiger partial charge on any atom is 0.325 e. The van der Waals surface area contributed by atoms with Gasteiger partial charge in [0.1, 0.15) is 5.54 Å². The molecule has 1 aromatic rings. The molecule has 1 spiro atoms. The van der Waals surface area contributed by atoms with Crippen LogP contribution >= 0.6 is 27.5 Å². The molecule has 0 bridgehead atoms. The van der Waals surface area contributed by atoms with Crippen molar-refractivity contribution in [1.29, 1.82) is 0 Å². The molecule has 0 aromatic heterocycles. The normalized spacial score (nSPS) is 20.8. The molecule has 6 heteroatoms. The fourth-order valence-corrected chi connectivity index (χ4v) is 3.69. The summed E-state index contributed by atoms with van der Waals surface area (Å²) in [6, 6.07) is 5.13. The van der Waals surface area contributed by atoms with E-state index in [1.807, 2.05) is 12.1 Å². The average molecular weight is 358 g/mol. The first-order valence-electron chi connectivity index (χ1n) is 6.60. The number of nitrogens with zero attached hydrogens (tertiary/aromatic N) is 1. The van der Waals surface area contributed by atoms with E-state index < -0.39 is 5.54 Å². The maximum atomic E-state index is 12.5. The van der Waals surface area contributed by atoms with Gasteiger partial charge in [-0.2, -0.15) is 0 Å². The van der Waals surface area contributed by atoms with Gasteiger partial charge < -0.3 is 5.32 Å². The van der Waals surface area contributed by atoms with E-state index in [9.17, 15) is 9.59 Å². The monoisotopic (exact) mass is 356 g/mol. The predicted molar refractivity (Wildman–Crippen MR) is 79.4 cm³/mol. The van der Waals surface area contributed by atoms with Gasteiger partial charge in [0, 0.05) is 9.50 Å². The quantitative estimate of drug-likeness (QED) is 0.824. The van der Waals surface area contributed by atoms with Crippen molar-refractivity contribution in [3.05, 3.63) is 33.3 Å². The van der Waals surface area contributed by atoms with Crippen molar-refractivity contribution in [2.24, 2.45) is 0 Å². The molecule has 0 unspecified atom stereocenters. The predicted octanol–water partition coefficient (Wildman–Crippen LogP) is 3.47. The van der Waals surface area contributed by atoms with Gasteiger partial charge in [-0.15, -0.1) is 0 Å². The number of nitrogens with one attached hydrogen (secondary N) is 1. The summed E-state index contributed by atoms with van der Waals surface area (Å²) in [5.74, 6) is -0.112. The number of rotatable bonds is 2. The van der Waals surface area contributed by atoms with E-state index in [-0.39, 0.29) is 18.5 Å². The number of imide groups is 1. The molecule has 4 nitrogen and oxygen atoms in total. The van der Waals surface area contributed by atoms with Gasteiger partial charge in [0.15, 0.2) is 0 Å². The van der Waals surface area contributed by atoms with Gasteiger partial charge in [-0.25, -0.2) is 4.79 Å². The molecule has 1 N–H and O–H groups in total. The number of halogens is 2. The van der Waals surface area contributed by atoms with Crippen LogP contribution in [0.1, 0.15) is 31.2 Å². The van der Waals surface area contributed by atoms with Gasteiger partial charge in [0.2, 0.25) is 0 Å². The highest BCUT2D eigenvalue weighted by Gasteiger charge is 2.52. The summed E-state index contributed by atoms with van der Waals surface area (Å²) in [7, 11) is 0. The molecule has 2 aliphatic rings. The first kappa shape index (κ1) is 13.9. The summed E-state index contributed by atoms with van der Waals surface area (Å²) in [5.41, 5.74) is 0.118. The Hall–Kier alpha value is -1.07. The highest BCUT2D eigenvalue weighted by molar-refractivity contribution is 9.10. The molecule has 3 amide bonds. The van der Waals surface area contributed by atoms with Gasteiger partial charge in [-0.1, -0.05) is 46.4 Å². The molecule has 0 atom stereocenters. The van der Waals surface area contributed by atoms with Crippen LogP contribution in [0.4, 0.5) is 4.79 Å². The van der Waals surface area contributed by atoms with Crippen molar-refractivity contribution in [3.8, 4) is 0 Å². The molecule has 1 saturated heterocycles. The Morgan fingerprint density at radius 3 is 2.65 bits per heavy atom. The van der Waals surface area contributed by atoms with E-state index in [4.69, 9.17) is 11.6 Å². The van der Waals surface area contributed by atoms with Crippen LogP contribution in [0.3, 0.4) is 0 Å². The van der Waals surface area contributed by atoms with Crippen LogP contribution in [-0.2, 0) is 11.3 Å². The fraction of sp³-hybridized carbons (Fsp3) is 0.429. The lowest BCUT2D eigenvalue weighted by atomic mass is 9.98. The van der Waals surface area contributed by atoms with Crippen LogP contribution < -0.4 is 5.32 Å². The number of hydrogen-bond donors (Lipinski definition) is 1. The van der Waals surface area contributed by atoms with E-state index in [0.717, 1.165) is 35.7 Å². The fourth-order valence-electron chi connectivity index (χ4n) is 2.96. The SMILES string of the molecule is O=C1NC2(CCCC2)C(=O)N1Cc1ccc(Br)cc1Cl. The van der Waals surface area contributed by atoms with E-state index in [1.54, 1.807) is 6.07 Å². The summed E-state index contributed by atoms with van der Waals surface area (Å²) >= 11 is 9.49. The van der Waals surface area contributed by atoms with Crippen LogP contribution in [0, 0.1) is 0 Å². The topological polar surface area (TPSA) is 49.4 Å². The summed E-state index contributed by atoms with van der Waals surface area (Å²) in [6.07, 6.45) is 3.45. The van der Waals surface area contributed by atoms with E-state index in [1.165, 1.54) is 4.90 Å². The summed E-state index contributed by atoms with van der Waals surface area (Å²) in [5, 5.41) is 3.41. The largest absolute Gasteiger partial charge is 0.325 e. The number of amides is 3. The van der Waals surface area contributed by atoms with Crippen molar-refractivity contribution in [2.45, 2.75) is 37.8 Å². The average Bonchev–Trinajstić information content (AvgIpc) is 2.94. The third kappa shape index (κ3) is 2.23. The molecule has 20 heavy (non-hydrogen) atoms. The van der Waals surface area contributed by atoms with E-state index in [2.05, 4.69) is 21.2 Å². The zero-order valence-corrected chi connectivity index (χ0v) is 13.1. The molecular weight excluding hydrogens is 344 g/mol. The third-order valence-electron chi connectivity index (χ3n) is 4.05. The van der Waals surface area contributed by atoms with Gasteiger partial charge in [0.25, 0.3) is 5.91 Å².